The van der Waals surface area contributed by atoms with Gasteiger partial charge in [0.15, 0.2) is 29.0 Å². The predicted molar refractivity (Wildman–Crippen MR) is 476 cm³/mol. The smallest absolute Gasteiger partial charge is 0.326 e. The highest BCUT2D eigenvalue weighted by atomic mass is 19.3. The second kappa shape index (κ2) is 41.8. The highest BCUT2D eigenvalue weighted by Crippen LogP contribution is 2.68. The molecule has 0 aromatic heterocycles. The summed E-state index contributed by atoms with van der Waals surface area (Å²) in [5, 5.41) is 96.1. The Morgan fingerprint density at radius 2 is 0.571 bits per heavy atom. The van der Waals surface area contributed by atoms with E-state index in [4.69, 9.17) is 23.7 Å². The van der Waals surface area contributed by atoms with Crippen molar-refractivity contribution in [2.45, 2.75) is 422 Å². The number of aliphatic hydroxyl groups excluding tert-OH is 1. The van der Waals surface area contributed by atoms with Crippen LogP contribution in [0.3, 0.4) is 0 Å². The fourth-order valence-electron chi connectivity index (χ4n) is 31.8. The zero-order chi connectivity index (χ0) is 109. The molecule has 40 heteroatoms. The van der Waals surface area contributed by atoms with E-state index in [0.29, 0.717) is 174 Å². The molecule has 24 aliphatic rings. The third kappa shape index (κ3) is 22.7. The van der Waals surface area contributed by atoms with Crippen LogP contribution in [0.4, 0.5) is 61.5 Å². The summed E-state index contributed by atoms with van der Waals surface area (Å²) in [6.45, 7) is 18.7. The van der Waals surface area contributed by atoms with Crippen LogP contribution in [0.1, 0.15) is 340 Å². The summed E-state index contributed by atoms with van der Waals surface area (Å²) in [5.41, 5.74) is -13.6. The quantitative estimate of drug-likeness (QED) is 0.0545. The normalized spacial score (nSPS) is 36.7. The van der Waals surface area contributed by atoms with E-state index < -0.39 is 222 Å². The SMILES string of the molecule is CC(C)(C)C(=O)OC(C1C2CC3CC(C2)CC1C3)C(F)(F)C(=O)[O-].CC(C)(C)C(=O)OC(C1CC2CCC1C2)C(F)(F)C(=O)[O-].CC(C)(C)C(=O)OC1(C(F)(F)C(=O)[O-])C2CC3CC(C2)CC1C3.CC(C)(C)C(=O)OC1(C(F)(F)C(=O)[O-])CCCCC1.O=C(OC1(C(F)(F)C(=O)[O-])CCCCC1)C12CC3CC(CC(C3)C1)C2.O=C([O-])C(F)(F)C(O)C1C2CC3CC(C2)CC1C3.O=C([O-])C(F)(F)C1(O)C2CC3CC(C2)CC1C3. The Labute approximate surface area is 847 Å². The predicted octanol–water partition coefficient (Wildman–Crippen LogP) is 12.2. The van der Waals surface area contributed by atoms with E-state index in [1.54, 1.807) is 62.3 Å². The number of hydrogen-bond donors (Lipinski definition) is 2. The monoisotopic (exact) mass is 2110 g/mol. The average Bonchev–Trinajstić information content (AvgIpc) is 1.35. The molecular formula is C107H145F14O26-7. The number of carbonyl (C=O) groups excluding carboxylic acids is 12. The van der Waals surface area contributed by atoms with Gasteiger partial charge in [-0.1, -0.05) is 19.3 Å². The summed E-state index contributed by atoms with van der Waals surface area (Å²) in [4.78, 5) is 137. The molecule has 26 nitrogen and oxygen atoms in total. The van der Waals surface area contributed by atoms with Crippen molar-refractivity contribution in [1.29, 1.82) is 0 Å². The van der Waals surface area contributed by atoms with Crippen LogP contribution in [-0.4, -0.2) is 164 Å². The summed E-state index contributed by atoms with van der Waals surface area (Å²) in [5.74, 6) is -48.3. The molecule has 0 aromatic carbocycles. The summed E-state index contributed by atoms with van der Waals surface area (Å²) in [6.07, 6.45) is 20.7. The summed E-state index contributed by atoms with van der Waals surface area (Å²) >= 11 is 0. The first kappa shape index (κ1) is 117. The molecule has 0 aromatic rings. The number of aliphatic hydroxyl groups is 2. The number of hydrogen-bond acceptors (Lipinski definition) is 26. The van der Waals surface area contributed by atoms with Crippen LogP contribution in [0.25, 0.3) is 0 Å². The standard InChI is InChI=1S/C19H26F2O4.C18H26F2O4.C17H24F2O4.C15H22F2O4.C13H20F2O4.C13H18F2O3.C12H16F2O3/c20-19(21,15(22)23)18(4-2-1-3-5-18)25-16(24)17-9-12-6-13(10-17)8-14(7-12)11-17;1-17(2,3)16(23)24-14(18(19,20)15(21)22)13-11-5-9-4-10(7-11)8-12(13)6-9;1-15(2,3)14(22)23-16(17(18,19)13(20)21)11-5-9-4-10(7-11)8-12(16)6-9;1-14(2,3)13(20)21-11(15(16,17)12(18)19)10-7-8-4-5-9(10)6-8;1-11(2,3)10(18)19-12(7-5-4-6-8-12)13(14,15)9(16)17;14-13(15,12(17)18)11(16)10-8-2-6-1-7(4-8)5-9(10)3-6;13-12(14,10(15)16)11(17)8-2-6-1-7(4-8)5-9(11)3-6/h12-14H,1-11H2,(H,22,23);9-14H,4-8H2,1-3H3,(H,21,22);9-12H,4-8H2,1-3H3,(H,20,21);8-11H,4-7H2,1-3H3,(H,18,19);4-8H2,1-3H3,(H,16,17);6-11,16H,1-5H2,(H,17,18);6-9,17H,1-5H2,(H,15,16)/p-7. The Bertz CT molecular complexity index is 4690. The highest BCUT2D eigenvalue weighted by molar-refractivity contribution is 5.83. The largest absolute Gasteiger partial charge is 0.544 e. The third-order valence-electron chi connectivity index (χ3n) is 37.8. The van der Waals surface area contributed by atoms with Crippen molar-refractivity contribution < 1.29 is 189 Å². The second-order valence-corrected chi connectivity index (χ2v) is 52.3. The van der Waals surface area contributed by atoms with Crippen molar-refractivity contribution in [2.24, 2.45) is 169 Å². The molecule has 6 atom stereocenters. The minimum Gasteiger partial charge on any atom is -0.544 e. The molecule has 0 saturated heterocycles. The molecule has 0 aliphatic heterocycles. The number of esters is 5. The van der Waals surface area contributed by atoms with Gasteiger partial charge < -0.3 is 103 Å². The van der Waals surface area contributed by atoms with Gasteiger partial charge in [0.1, 0.15) is 53.5 Å². The fraction of sp³-hybridized carbons (Fsp3) is 0.888. The van der Waals surface area contributed by atoms with Gasteiger partial charge in [0.2, 0.25) is 0 Å². The first-order valence-corrected chi connectivity index (χ1v) is 53.2. The van der Waals surface area contributed by atoms with E-state index in [1.807, 2.05) is 0 Å². The molecule has 24 rings (SSSR count). The topological polar surface area (TPSA) is 453 Å². The van der Waals surface area contributed by atoms with E-state index in [2.05, 4.69) is 0 Å². The lowest BCUT2D eigenvalue weighted by molar-refractivity contribution is -0.362. The van der Waals surface area contributed by atoms with Crippen LogP contribution in [0.2, 0.25) is 0 Å². The van der Waals surface area contributed by atoms with Crippen molar-refractivity contribution in [3.8, 4) is 0 Å². The van der Waals surface area contributed by atoms with Gasteiger partial charge in [0, 0.05) is 23.7 Å². The number of carbonyl (C=O) groups is 12. The fourth-order valence-corrected chi connectivity index (χ4v) is 31.8. The molecule has 24 fully saturated rings. The number of alkyl halides is 14. The van der Waals surface area contributed by atoms with Crippen LogP contribution in [0.5, 0.6) is 0 Å². The average molecular weight is 2110 g/mol. The van der Waals surface area contributed by atoms with Gasteiger partial charge in [-0.15, -0.1) is 0 Å². The number of ether oxygens (including phenoxy) is 5. The highest BCUT2D eigenvalue weighted by Gasteiger charge is 2.74. The first-order valence-electron chi connectivity index (χ1n) is 53.2. The number of aliphatic carboxylic acids is 7. The molecule has 22 bridgehead atoms. The second-order valence-electron chi connectivity index (χ2n) is 52.3. The molecule has 2 N–H and O–H groups in total. The molecule has 147 heavy (non-hydrogen) atoms. The lowest BCUT2D eigenvalue weighted by Crippen LogP contribution is -2.72. The van der Waals surface area contributed by atoms with Gasteiger partial charge in [-0.05, 0) is 439 Å². The maximum atomic E-state index is 14.8. The maximum Gasteiger partial charge on any atom is 0.326 e. The van der Waals surface area contributed by atoms with Gasteiger partial charge in [-0.2, -0.15) is 61.5 Å². The van der Waals surface area contributed by atoms with Crippen molar-refractivity contribution >= 4 is 71.6 Å². The number of halogens is 14. The summed E-state index contributed by atoms with van der Waals surface area (Å²) in [6, 6.07) is 0. The number of rotatable bonds is 23. The van der Waals surface area contributed by atoms with Crippen molar-refractivity contribution in [1.82, 2.24) is 0 Å². The Hall–Kier alpha value is -7.42. The molecule has 24 aliphatic carbocycles. The van der Waals surface area contributed by atoms with E-state index >= 15 is 0 Å². The Balaban J connectivity index is 0.000000144. The number of carboxylic acids is 7. The molecule has 0 radical (unpaired) electrons. The lowest BCUT2D eigenvalue weighted by atomic mass is 9.48. The zero-order valence-corrected chi connectivity index (χ0v) is 85.9. The van der Waals surface area contributed by atoms with Crippen LogP contribution < -0.4 is 35.7 Å². The molecule has 0 spiro atoms. The van der Waals surface area contributed by atoms with E-state index in [0.717, 1.165) is 122 Å². The van der Waals surface area contributed by atoms with Crippen molar-refractivity contribution in [3.05, 3.63) is 0 Å². The first-order chi connectivity index (χ1) is 67.5. The molecular weight excluding hydrogens is 1970 g/mol. The molecule has 24 saturated carbocycles. The van der Waals surface area contributed by atoms with Crippen LogP contribution in [-0.2, 0) is 81.2 Å². The maximum absolute atomic E-state index is 14.8. The summed E-state index contributed by atoms with van der Waals surface area (Å²) < 4.78 is 223. The van der Waals surface area contributed by atoms with Crippen molar-refractivity contribution in [3.63, 3.8) is 0 Å². The van der Waals surface area contributed by atoms with E-state index in [9.17, 15) is 165 Å². The van der Waals surface area contributed by atoms with Crippen LogP contribution >= 0.6 is 0 Å². The Kier molecular flexibility index (Phi) is 33.2. The van der Waals surface area contributed by atoms with Crippen LogP contribution in [0.15, 0.2) is 0 Å². The minimum absolute atomic E-state index is 0.0120. The van der Waals surface area contributed by atoms with Crippen molar-refractivity contribution in [2.75, 3.05) is 0 Å². The van der Waals surface area contributed by atoms with Gasteiger partial charge in [-0.3, -0.25) is 24.0 Å². The van der Waals surface area contributed by atoms with Gasteiger partial charge in [0.25, 0.3) is 0 Å². The van der Waals surface area contributed by atoms with Gasteiger partial charge >= 0.3 is 71.3 Å². The molecule has 834 valence electrons. The summed E-state index contributed by atoms with van der Waals surface area (Å²) in [7, 11) is 0. The third-order valence-corrected chi connectivity index (χ3v) is 37.8. The van der Waals surface area contributed by atoms with E-state index in [-0.39, 0.29) is 55.3 Å². The Morgan fingerprint density at radius 3 is 0.878 bits per heavy atom. The van der Waals surface area contributed by atoms with Gasteiger partial charge in [0.05, 0.1) is 27.1 Å². The number of carboxylic acid groups (broad SMARTS) is 7. The van der Waals surface area contributed by atoms with Crippen LogP contribution in [0, 0.1) is 169 Å². The lowest BCUT2D eigenvalue weighted by Gasteiger charge is -2.62. The number of fused-ring (bicyclic) bond motifs is 2. The van der Waals surface area contributed by atoms with E-state index in [1.165, 1.54) is 27.2 Å². The van der Waals surface area contributed by atoms with Gasteiger partial charge in [-0.25, -0.2) is 0 Å². The zero-order valence-electron chi connectivity index (χ0n) is 85.9. The Morgan fingerprint density at radius 1 is 0.286 bits per heavy atom. The molecule has 6 unspecified atom stereocenters. The molecule has 0 amide bonds. The molecule has 0 heterocycles. The minimum atomic E-state index is -4.17.